The number of rotatable bonds is 2. The number of nitrogens with one attached hydrogen (secondary N) is 1. The maximum Gasteiger partial charge on any atom is 0.317 e. The Hall–Kier alpha value is -1.23. The normalized spacial score (nSPS) is 22.3. The fourth-order valence-electron chi connectivity index (χ4n) is 3.53. The molecule has 2 fully saturated rings. The first-order valence-corrected chi connectivity index (χ1v) is 9.26. The van der Waals surface area contributed by atoms with Gasteiger partial charge in [0, 0.05) is 36.0 Å². The molecule has 0 aromatic carbocycles. The van der Waals surface area contributed by atoms with Crippen molar-refractivity contribution < 1.29 is 4.79 Å². The van der Waals surface area contributed by atoms with Gasteiger partial charge in [-0.05, 0) is 37.5 Å². The summed E-state index contributed by atoms with van der Waals surface area (Å²) in [5.41, 5.74) is 1.10. The molecule has 4 nitrogen and oxygen atoms in total. The number of carbonyl (C=O) groups is 1. The first kappa shape index (κ1) is 15.7. The van der Waals surface area contributed by atoms with Gasteiger partial charge >= 0.3 is 6.03 Å². The van der Waals surface area contributed by atoms with Crippen LogP contribution in [0.2, 0.25) is 0 Å². The second-order valence-corrected chi connectivity index (χ2v) is 8.03. The molecule has 3 rings (SSSR count). The van der Waals surface area contributed by atoms with Gasteiger partial charge in [-0.25, -0.2) is 4.79 Å². The average Bonchev–Trinajstić information content (AvgIpc) is 2.56. The first-order valence-electron chi connectivity index (χ1n) is 8.28. The summed E-state index contributed by atoms with van der Waals surface area (Å²) >= 11 is 2.09. The van der Waals surface area contributed by atoms with Gasteiger partial charge in [0.1, 0.15) is 0 Å². The van der Waals surface area contributed by atoms with Crippen LogP contribution in [-0.2, 0) is 0 Å². The third kappa shape index (κ3) is 3.57. The molecule has 1 N–H and O–H groups in total. The predicted octanol–water partition coefficient (Wildman–Crippen LogP) is 3.60. The smallest absolute Gasteiger partial charge is 0.317 e. The maximum atomic E-state index is 12.6. The lowest BCUT2D eigenvalue weighted by molar-refractivity contribution is 0.182. The minimum atomic E-state index is 0.0207. The zero-order valence-corrected chi connectivity index (χ0v) is 14.1. The third-order valence-electron chi connectivity index (χ3n) is 4.85. The predicted molar refractivity (Wildman–Crippen MR) is 91.0 cm³/mol. The second kappa shape index (κ2) is 6.90. The summed E-state index contributed by atoms with van der Waals surface area (Å²) in [5.74, 6) is 1.07. The summed E-state index contributed by atoms with van der Waals surface area (Å²) in [4.78, 5) is 18.7. The van der Waals surface area contributed by atoms with Gasteiger partial charge in [-0.3, -0.25) is 4.98 Å². The Kier molecular flexibility index (Phi) is 4.91. The molecule has 2 heterocycles. The lowest BCUT2D eigenvalue weighted by atomic mass is 9.87. The van der Waals surface area contributed by atoms with Gasteiger partial charge in [0.15, 0.2) is 0 Å². The Morgan fingerprint density at radius 1 is 1.32 bits per heavy atom. The van der Waals surface area contributed by atoms with E-state index in [2.05, 4.69) is 22.1 Å². The Morgan fingerprint density at radius 3 is 2.77 bits per heavy atom. The maximum absolute atomic E-state index is 12.6. The second-order valence-electron chi connectivity index (χ2n) is 6.47. The van der Waals surface area contributed by atoms with Crippen LogP contribution in [0.3, 0.4) is 0 Å². The average molecular weight is 319 g/mol. The van der Waals surface area contributed by atoms with Gasteiger partial charge in [-0.15, -0.1) is 0 Å². The highest BCUT2D eigenvalue weighted by atomic mass is 32.2. The lowest BCUT2D eigenvalue weighted by Crippen LogP contribution is -2.53. The number of carbonyl (C=O) groups excluding carboxylic acids is 1. The molecule has 1 atom stereocenters. The van der Waals surface area contributed by atoms with Crippen LogP contribution in [0, 0.1) is 0 Å². The number of hydrogen-bond donors (Lipinski definition) is 1. The number of aromatic nitrogens is 1. The monoisotopic (exact) mass is 319 g/mol. The van der Waals surface area contributed by atoms with Crippen LogP contribution < -0.4 is 5.32 Å². The minimum Gasteiger partial charge on any atom is -0.331 e. The highest BCUT2D eigenvalue weighted by Gasteiger charge is 2.38. The van der Waals surface area contributed by atoms with Crippen molar-refractivity contribution in [3.05, 3.63) is 30.1 Å². The van der Waals surface area contributed by atoms with E-state index in [1.807, 2.05) is 24.0 Å². The van der Waals surface area contributed by atoms with Crippen molar-refractivity contribution in [2.45, 2.75) is 49.8 Å². The van der Waals surface area contributed by atoms with Crippen LogP contribution in [0.15, 0.2) is 24.5 Å². The highest BCUT2D eigenvalue weighted by molar-refractivity contribution is 8.00. The van der Waals surface area contributed by atoms with E-state index in [-0.39, 0.29) is 12.1 Å². The van der Waals surface area contributed by atoms with Crippen molar-refractivity contribution in [3.8, 4) is 0 Å². The van der Waals surface area contributed by atoms with E-state index in [0.29, 0.717) is 4.75 Å². The van der Waals surface area contributed by atoms with Gasteiger partial charge in [-0.1, -0.05) is 19.3 Å². The van der Waals surface area contributed by atoms with Gasteiger partial charge in [0.05, 0.1) is 6.04 Å². The fourth-order valence-corrected chi connectivity index (χ4v) is 5.10. The van der Waals surface area contributed by atoms with Gasteiger partial charge < -0.3 is 10.2 Å². The number of urea groups is 1. The van der Waals surface area contributed by atoms with Crippen LogP contribution >= 0.6 is 11.8 Å². The summed E-state index contributed by atoms with van der Waals surface area (Å²) in [6.07, 6.45) is 10.1. The summed E-state index contributed by atoms with van der Waals surface area (Å²) in [7, 11) is 0. The molecule has 1 saturated heterocycles. The molecule has 0 bridgehead atoms. The summed E-state index contributed by atoms with van der Waals surface area (Å²) in [5, 5.41) is 3.14. The van der Waals surface area contributed by atoms with Crippen molar-refractivity contribution in [1.29, 1.82) is 0 Å². The van der Waals surface area contributed by atoms with E-state index in [9.17, 15) is 4.79 Å². The summed E-state index contributed by atoms with van der Waals surface area (Å²) in [6, 6.07) is 4.01. The van der Waals surface area contributed by atoms with E-state index in [1.165, 1.54) is 32.1 Å². The largest absolute Gasteiger partial charge is 0.331 e. The van der Waals surface area contributed by atoms with Crippen molar-refractivity contribution >= 4 is 17.8 Å². The van der Waals surface area contributed by atoms with Crippen molar-refractivity contribution in [1.82, 2.24) is 15.2 Å². The van der Waals surface area contributed by atoms with Crippen molar-refractivity contribution in [2.75, 3.05) is 18.8 Å². The van der Waals surface area contributed by atoms with E-state index in [0.717, 1.165) is 24.4 Å². The number of pyridine rings is 1. The molecule has 1 saturated carbocycles. The zero-order valence-electron chi connectivity index (χ0n) is 13.3. The zero-order chi connectivity index (χ0) is 15.4. The van der Waals surface area contributed by atoms with Gasteiger partial charge in [0.25, 0.3) is 0 Å². The fraction of sp³-hybridized carbons (Fsp3) is 0.647. The van der Waals surface area contributed by atoms with Crippen LogP contribution in [-0.4, -0.2) is 39.5 Å². The SMILES string of the molecule is CC(NC(=O)N1CCSC2(CCCCC2)C1)c1ccncc1. The number of thioether (sulfide) groups is 1. The first-order chi connectivity index (χ1) is 10.7. The van der Waals surface area contributed by atoms with Crippen molar-refractivity contribution in [2.24, 2.45) is 0 Å². The third-order valence-corrected chi connectivity index (χ3v) is 6.38. The van der Waals surface area contributed by atoms with E-state index in [1.54, 1.807) is 12.4 Å². The molecule has 1 unspecified atom stereocenters. The summed E-state index contributed by atoms with van der Waals surface area (Å²) in [6.45, 7) is 3.80. The van der Waals surface area contributed by atoms with Crippen LogP contribution in [0.4, 0.5) is 4.79 Å². The summed E-state index contributed by atoms with van der Waals surface area (Å²) < 4.78 is 0.327. The van der Waals surface area contributed by atoms with Crippen LogP contribution in [0.1, 0.15) is 50.6 Å². The number of hydrogen-bond acceptors (Lipinski definition) is 3. The van der Waals surface area contributed by atoms with Gasteiger partial charge in [0.2, 0.25) is 0 Å². The molecular formula is C17H25N3OS. The Bertz CT molecular complexity index is 496. The molecular weight excluding hydrogens is 294 g/mol. The quantitative estimate of drug-likeness (QED) is 0.906. The number of nitrogens with zero attached hydrogens (tertiary/aromatic N) is 2. The van der Waals surface area contributed by atoms with Crippen LogP contribution in [0.5, 0.6) is 0 Å². The molecule has 1 aliphatic heterocycles. The van der Waals surface area contributed by atoms with Crippen molar-refractivity contribution in [3.63, 3.8) is 0 Å². The molecule has 1 spiro atoms. The highest BCUT2D eigenvalue weighted by Crippen LogP contribution is 2.42. The molecule has 2 amide bonds. The molecule has 1 aromatic rings. The molecule has 120 valence electrons. The molecule has 2 aliphatic rings. The standard InChI is InChI=1S/C17H25N3OS/c1-14(15-5-9-18-10-6-15)19-16(21)20-11-12-22-17(13-20)7-3-2-4-8-17/h5-6,9-10,14H,2-4,7-8,11-13H2,1H3,(H,19,21). The molecule has 22 heavy (non-hydrogen) atoms. The minimum absolute atomic E-state index is 0.0207. The molecule has 1 aromatic heterocycles. The topological polar surface area (TPSA) is 45.2 Å². The lowest BCUT2D eigenvalue weighted by Gasteiger charge is -2.44. The van der Waals surface area contributed by atoms with Gasteiger partial charge in [-0.2, -0.15) is 11.8 Å². The molecule has 1 aliphatic carbocycles. The van der Waals surface area contributed by atoms with E-state index in [4.69, 9.17) is 0 Å². The Morgan fingerprint density at radius 2 is 2.05 bits per heavy atom. The van der Waals surface area contributed by atoms with E-state index >= 15 is 0 Å². The Balaban J connectivity index is 1.60. The Labute approximate surface area is 137 Å². The van der Waals surface area contributed by atoms with Crippen LogP contribution in [0.25, 0.3) is 0 Å². The van der Waals surface area contributed by atoms with E-state index < -0.39 is 0 Å². The number of amides is 2. The molecule has 0 radical (unpaired) electrons. The molecule has 5 heteroatoms.